The molecule has 1 aliphatic rings. The Kier molecular flexibility index (Phi) is 6.23. The molecule has 1 aromatic heterocycles. The third-order valence-electron chi connectivity index (χ3n) is 4.10. The molecule has 0 aliphatic carbocycles. The molecular formula is C16H28N4O. The molecule has 0 bridgehead atoms. The number of aromatic nitrogens is 2. The molecular weight excluding hydrogens is 264 g/mol. The number of hydrogen-bond donors (Lipinski definition) is 1. The molecule has 0 spiro atoms. The van der Waals surface area contributed by atoms with Crippen molar-refractivity contribution in [2.24, 2.45) is 7.05 Å². The van der Waals surface area contributed by atoms with E-state index in [9.17, 15) is 4.79 Å². The topological polar surface area (TPSA) is 50.2 Å². The summed E-state index contributed by atoms with van der Waals surface area (Å²) in [7, 11) is 1.93. The van der Waals surface area contributed by atoms with Gasteiger partial charge >= 0.3 is 0 Å². The zero-order chi connectivity index (χ0) is 15.1. The quantitative estimate of drug-likeness (QED) is 0.869. The van der Waals surface area contributed by atoms with Crippen molar-refractivity contribution in [3.05, 3.63) is 18.0 Å². The molecule has 1 unspecified atom stereocenters. The molecule has 2 heterocycles. The highest BCUT2D eigenvalue weighted by Gasteiger charge is 2.17. The van der Waals surface area contributed by atoms with Crippen molar-refractivity contribution >= 4 is 5.91 Å². The molecule has 1 fully saturated rings. The minimum Gasteiger partial charge on any atom is -0.343 e. The first-order chi connectivity index (χ1) is 10.1. The summed E-state index contributed by atoms with van der Waals surface area (Å²) in [6.45, 7) is 4.88. The maximum absolute atomic E-state index is 12.3. The van der Waals surface area contributed by atoms with Crippen molar-refractivity contribution in [3.8, 4) is 0 Å². The van der Waals surface area contributed by atoms with Gasteiger partial charge < -0.3 is 10.2 Å². The van der Waals surface area contributed by atoms with Gasteiger partial charge in [0.25, 0.3) is 0 Å². The fourth-order valence-corrected chi connectivity index (χ4v) is 2.85. The van der Waals surface area contributed by atoms with E-state index in [1.807, 2.05) is 29.0 Å². The van der Waals surface area contributed by atoms with Crippen molar-refractivity contribution in [1.82, 2.24) is 20.0 Å². The Morgan fingerprint density at radius 3 is 2.67 bits per heavy atom. The van der Waals surface area contributed by atoms with Crippen molar-refractivity contribution in [1.29, 1.82) is 0 Å². The average molecular weight is 292 g/mol. The molecule has 0 radical (unpaired) electrons. The van der Waals surface area contributed by atoms with E-state index in [2.05, 4.69) is 17.3 Å². The smallest absolute Gasteiger partial charge is 0.224 e. The molecule has 0 saturated carbocycles. The first-order valence-electron chi connectivity index (χ1n) is 8.14. The molecule has 5 heteroatoms. The van der Waals surface area contributed by atoms with Crippen LogP contribution in [0.5, 0.6) is 0 Å². The van der Waals surface area contributed by atoms with Crippen LogP contribution in [0.2, 0.25) is 0 Å². The third kappa shape index (κ3) is 5.50. The Hall–Kier alpha value is -1.36. The number of likely N-dealkylation sites (tertiary alicyclic amines) is 1. The fourth-order valence-electron chi connectivity index (χ4n) is 2.85. The monoisotopic (exact) mass is 292 g/mol. The van der Waals surface area contributed by atoms with E-state index in [-0.39, 0.29) is 6.04 Å². The van der Waals surface area contributed by atoms with Gasteiger partial charge in [-0.05, 0) is 38.3 Å². The lowest BCUT2D eigenvalue weighted by Crippen LogP contribution is -2.38. The number of carbonyl (C=O) groups excluding carboxylic acids is 1. The molecule has 118 valence electrons. The number of rotatable bonds is 6. The Balaban J connectivity index is 1.66. The van der Waals surface area contributed by atoms with Gasteiger partial charge in [0.1, 0.15) is 0 Å². The SMILES string of the molecule is CC(CC(=O)N1CCCCCC1)NCCc1cnn(C)c1. The van der Waals surface area contributed by atoms with Gasteiger partial charge in [-0.15, -0.1) is 0 Å². The van der Waals surface area contributed by atoms with Gasteiger partial charge in [-0.25, -0.2) is 0 Å². The maximum Gasteiger partial charge on any atom is 0.224 e. The second-order valence-corrected chi connectivity index (χ2v) is 6.13. The Morgan fingerprint density at radius 1 is 1.33 bits per heavy atom. The number of amides is 1. The average Bonchev–Trinajstić information content (AvgIpc) is 2.71. The van der Waals surface area contributed by atoms with Crippen LogP contribution in [0, 0.1) is 0 Å². The van der Waals surface area contributed by atoms with E-state index in [1.54, 1.807) is 0 Å². The molecule has 1 amide bonds. The predicted octanol–water partition coefficient (Wildman–Crippen LogP) is 1.73. The van der Waals surface area contributed by atoms with Gasteiger partial charge in [0.15, 0.2) is 0 Å². The minimum atomic E-state index is 0.234. The maximum atomic E-state index is 12.3. The lowest BCUT2D eigenvalue weighted by molar-refractivity contribution is -0.131. The normalized spacial score (nSPS) is 17.5. The summed E-state index contributed by atoms with van der Waals surface area (Å²) in [6.07, 6.45) is 10.3. The summed E-state index contributed by atoms with van der Waals surface area (Å²) < 4.78 is 1.82. The molecule has 1 aromatic rings. The molecule has 1 N–H and O–H groups in total. The highest BCUT2D eigenvalue weighted by Crippen LogP contribution is 2.11. The molecule has 21 heavy (non-hydrogen) atoms. The number of aryl methyl sites for hydroxylation is 1. The van der Waals surface area contributed by atoms with Crippen molar-refractivity contribution in [3.63, 3.8) is 0 Å². The fraction of sp³-hybridized carbons (Fsp3) is 0.750. The lowest BCUT2D eigenvalue weighted by atomic mass is 10.2. The zero-order valence-corrected chi connectivity index (χ0v) is 13.3. The summed E-state index contributed by atoms with van der Waals surface area (Å²) in [5.74, 6) is 0.304. The summed E-state index contributed by atoms with van der Waals surface area (Å²) in [4.78, 5) is 14.3. The Bertz CT molecular complexity index is 435. The van der Waals surface area contributed by atoms with Gasteiger partial charge in [0.2, 0.25) is 5.91 Å². The van der Waals surface area contributed by atoms with E-state index < -0.39 is 0 Å². The minimum absolute atomic E-state index is 0.234. The lowest BCUT2D eigenvalue weighted by Gasteiger charge is -2.22. The van der Waals surface area contributed by atoms with Gasteiger partial charge in [0.05, 0.1) is 6.20 Å². The number of nitrogens with zero attached hydrogens (tertiary/aromatic N) is 3. The van der Waals surface area contributed by atoms with Crippen LogP contribution >= 0.6 is 0 Å². The van der Waals surface area contributed by atoms with Crippen LogP contribution in [-0.4, -0.2) is 46.3 Å². The van der Waals surface area contributed by atoms with Gasteiger partial charge in [-0.2, -0.15) is 5.10 Å². The largest absolute Gasteiger partial charge is 0.343 e. The van der Waals surface area contributed by atoms with Crippen LogP contribution in [-0.2, 0) is 18.3 Å². The van der Waals surface area contributed by atoms with E-state index in [0.717, 1.165) is 38.9 Å². The van der Waals surface area contributed by atoms with Crippen molar-refractivity contribution in [2.45, 2.75) is 51.5 Å². The number of nitrogens with one attached hydrogen (secondary N) is 1. The summed E-state index contributed by atoms with van der Waals surface area (Å²) in [5.41, 5.74) is 1.23. The predicted molar refractivity (Wildman–Crippen MR) is 84.0 cm³/mol. The van der Waals surface area contributed by atoms with E-state index >= 15 is 0 Å². The van der Waals surface area contributed by atoms with Crippen molar-refractivity contribution < 1.29 is 4.79 Å². The van der Waals surface area contributed by atoms with Crippen LogP contribution in [0.4, 0.5) is 0 Å². The Morgan fingerprint density at radius 2 is 2.05 bits per heavy atom. The highest BCUT2D eigenvalue weighted by atomic mass is 16.2. The first kappa shape index (κ1) is 16.0. The van der Waals surface area contributed by atoms with Crippen LogP contribution in [0.1, 0.15) is 44.6 Å². The molecule has 1 aliphatic heterocycles. The number of carbonyl (C=O) groups is 1. The number of hydrogen-bond acceptors (Lipinski definition) is 3. The van der Waals surface area contributed by atoms with E-state index in [4.69, 9.17) is 0 Å². The van der Waals surface area contributed by atoms with Crippen LogP contribution < -0.4 is 5.32 Å². The van der Waals surface area contributed by atoms with Crippen LogP contribution in [0.15, 0.2) is 12.4 Å². The van der Waals surface area contributed by atoms with E-state index in [1.165, 1.54) is 18.4 Å². The Labute approximate surface area is 127 Å². The van der Waals surface area contributed by atoms with Gasteiger partial charge in [0, 0.05) is 38.8 Å². The molecule has 5 nitrogen and oxygen atoms in total. The van der Waals surface area contributed by atoms with Gasteiger partial charge in [-0.3, -0.25) is 9.48 Å². The first-order valence-corrected chi connectivity index (χ1v) is 8.14. The zero-order valence-electron chi connectivity index (χ0n) is 13.3. The molecule has 1 atom stereocenters. The highest BCUT2D eigenvalue weighted by molar-refractivity contribution is 5.76. The van der Waals surface area contributed by atoms with E-state index in [0.29, 0.717) is 12.3 Å². The van der Waals surface area contributed by atoms with Crippen molar-refractivity contribution in [2.75, 3.05) is 19.6 Å². The molecule has 0 aromatic carbocycles. The standard InChI is InChI=1S/C16H28N4O/c1-14(17-8-7-15-12-18-19(2)13-15)11-16(21)20-9-5-3-4-6-10-20/h12-14,17H,3-11H2,1-2H3. The third-order valence-corrected chi connectivity index (χ3v) is 4.10. The summed E-state index contributed by atoms with van der Waals surface area (Å²) >= 11 is 0. The molecule has 1 saturated heterocycles. The summed E-state index contributed by atoms with van der Waals surface area (Å²) in [6, 6.07) is 0.234. The second-order valence-electron chi connectivity index (χ2n) is 6.13. The van der Waals surface area contributed by atoms with Gasteiger partial charge in [-0.1, -0.05) is 12.8 Å². The van der Waals surface area contributed by atoms with Crippen LogP contribution in [0.3, 0.4) is 0 Å². The molecule has 2 rings (SSSR count). The second kappa shape index (κ2) is 8.17. The van der Waals surface area contributed by atoms with Crippen LogP contribution in [0.25, 0.3) is 0 Å². The summed E-state index contributed by atoms with van der Waals surface area (Å²) in [5, 5.41) is 7.60.